The molecule has 19 heavy (non-hydrogen) atoms. The minimum absolute atomic E-state index is 0.282. The largest absolute Gasteiger partial charge is 0.496 e. The molecule has 0 N–H and O–H groups in total. The summed E-state index contributed by atoms with van der Waals surface area (Å²) in [6.45, 7) is 8.93. The number of rotatable bonds is 1. The maximum Gasteiger partial charge on any atom is 0.122 e. The zero-order valence-electron chi connectivity index (χ0n) is 12.4. The van der Waals surface area contributed by atoms with Gasteiger partial charge in [-0.3, -0.25) is 0 Å². The Balaban J connectivity index is 2.14. The van der Waals surface area contributed by atoms with Crippen molar-refractivity contribution in [3.63, 3.8) is 0 Å². The van der Waals surface area contributed by atoms with Crippen molar-refractivity contribution in [2.24, 2.45) is 5.92 Å². The van der Waals surface area contributed by atoms with Gasteiger partial charge in [-0.1, -0.05) is 25.1 Å². The third-order valence-corrected chi connectivity index (χ3v) is 5.39. The van der Waals surface area contributed by atoms with Crippen molar-refractivity contribution in [1.29, 1.82) is 0 Å². The van der Waals surface area contributed by atoms with Crippen LogP contribution in [-0.2, 0) is 11.8 Å². The van der Waals surface area contributed by atoms with Crippen LogP contribution >= 0.6 is 0 Å². The van der Waals surface area contributed by atoms with E-state index in [1.807, 2.05) is 0 Å². The van der Waals surface area contributed by atoms with Crippen molar-refractivity contribution in [3.05, 3.63) is 41.0 Å². The zero-order chi connectivity index (χ0) is 13.6. The highest BCUT2D eigenvalue weighted by Gasteiger charge is 2.43. The molecule has 2 aliphatic carbocycles. The monoisotopic (exact) mass is 256 g/mol. The van der Waals surface area contributed by atoms with Crippen LogP contribution in [0.4, 0.5) is 0 Å². The number of fused-ring (bicyclic) bond motifs is 3. The highest BCUT2D eigenvalue weighted by atomic mass is 16.5. The summed E-state index contributed by atoms with van der Waals surface area (Å²) in [6, 6.07) is 4.64. The van der Waals surface area contributed by atoms with E-state index in [1.165, 1.54) is 54.4 Å². The van der Waals surface area contributed by atoms with E-state index in [1.54, 1.807) is 7.11 Å². The Morgan fingerprint density at radius 1 is 1.32 bits per heavy atom. The third-order valence-electron chi connectivity index (χ3n) is 5.39. The lowest BCUT2D eigenvalue weighted by atomic mass is 9.57. The van der Waals surface area contributed by atoms with Crippen molar-refractivity contribution >= 4 is 0 Å². The lowest BCUT2D eigenvalue weighted by Gasteiger charge is -2.47. The van der Waals surface area contributed by atoms with Crippen LogP contribution in [0.3, 0.4) is 0 Å². The number of allylic oxidation sites excluding steroid dienone is 1. The standard InChI is InChI=1S/C18H24O/c1-12-6-5-9-18(3)15(12)8-7-14-10-13(2)17(19-4)11-16(14)18/h10-11,15H,1,5-9H2,2-4H3/t15?,18-/m0/s1. The Morgan fingerprint density at radius 3 is 2.84 bits per heavy atom. The van der Waals surface area contributed by atoms with Crippen LogP contribution < -0.4 is 4.74 Å². The second kappa shape index (κ2) is 4.40. The molecule has 0 spiro atoms. The number of methoxy groups -OCH3 is 1. The number of aryl methyl sites for hydroxylation is 2. The molecule has 1 saturated carbocycles. The van der Waals surface area contributed by atoms with E-state index in [9.17, 15) is 0 Å². The first-order valence-electron chi connectivity index (χ1n) is 7.42. The van der Waals surface area contributed by atoms with Gasteiger partial charge in [0.2, 0.25) is 0 Å². The Labute approximate surface area is 116 Å². The highest BCUT2D eigenvalue weighted by Crippen LogP contribution is 2.52. The minimum atomic E-state index is 0.282. The van der Waals surface area contributed by atoms with Crippen LogP contribution in [0.25, 0.3) is 0 Å². The first-order valence-corrected chi connectivity index (χ1v) is 7.42. The van der Waals surface area contributed by atoms with Gasteiger partial charge in [-0.05, 0) is 73.1 Å². The Bertz CT molecular complexity index is 529. The van der Waals surface area contributed by atoms with Gasteiger partial charge < -0.3 is 4.74 Å². The SMILES string of the molecule is C=C1CCC[C@]2(C)c3cc(OC)c(C)cc3CCC12. The van der Waals surface area contributed by atoms with Gasteiger partial charge in [-0.2, -0.15) is 0 Å². The van der Waals surface area contributed by atoms with E-state index in [-0.39, 0.29) is 5.41 Å². The van der Waals surface area contributed by atoms with Gasteiger partial charge >= 0.3 is 0 Å². The Hall–Kier alpha value is -1.24. The molecule has 102 valence electrons. The second-order valence-electron chi connectivity index (χ2n) is 6.50. The molecule has 0 amide bonds. The molecule has 1 heteroatoms. The topological polar surface area (TPSA) is 9.23 Å². The molecule has 0 bridgehead atoms. The van der Waals surface area contributed by atoms with Gasteiger partial charge in [-0.25, -0.2) is 0 Å². The van der Waals surface area contributed by atoms with E-state index in [0.717, 1.165) is 5.75 Å². The van der Waals surface area contributed by atoms with Gasteiger partial charge in [0, 0.05) is 0 Å². The summed E-state index contributed by atoms with van der Waals surface area (Å²) in [4.78, 5) is 0. The van der Waals surface area contributed by atoms with E-state index in [2.05, 4.69) is 32.6 Å². The Kier molecular flexibility index (Phi) is 2.96. The van der Waals surface area contributed by atoms with Gasteiger partial charge in [0.1, 0.15) is 5.75 Å². The van der Waals surface area contributed by atoms with Crippen molar-refractivity contribution in [2.75, 3.05) is 7.11 Å². The van der Waals surface area contributed by atoms with Gasteiger partial charge in [-0.15, -0.1) is 0 Å². The van der Waals surface area contributed by atoms with Gasteiger partial charge in [0.25, 0.3) is 0 Å². The smallest absolute Gasteiger partial charge is 0.122 e. The molecule has 0 saturated heterocycles. The number of benzene rings is 1. The number of hydrogen-bond acceptors (Lipinski definition) is 1. The minimum Gasteiger partial charge on any atom is -0.496 e. The van der Waals surface area contributed by atoms with E-state index >= 15 is 0 Å². The molecule has 2 aliphatic rings. The number of ether oxygens (including phenoxy) is 1. The zero-order valence-corrected chi connectivity index (χ0v) is 12.4. The number of hydrogen-bond donors (Lipinski definition) is 0. The average molecular weight is 256 g/mol. The van der Waals surface area contributed by atoms with Crippen LogP contribution in [0.2, 0.25) is 0 Å². The fourth-order valence-electron chi connectivity index (χ4n) is 4.33. The molecule has 2 atom stereocenters. The van der Waals surface area contributed by atoms with Crippen LogP contribution in [0.15, 0.2) is 24.3 Å². The molecule has 0 aromatic heterocycles. The van der Waals surface area contributed by atoms with Crippen LogP contribution in [0.1, 0.15) is 49.3 Å². The molecule has 1 aromatic rings. The maximum absolute atomic E-state index is 5.54. The van der Waals surface area contributed by atoms with Gasteiger partial charge in [0.05, 0.1) is 7.11 Å². The lowest BCUT2D eigenvalue weighted by molar-refractivity contribution is 0.234. The van der Waals surface area contributed by atoms with Crippen molar-refractivity contribution in [1.82, 2.24) is 0 Å². The summed E-state index contributed by atoms with van der Waals surface area (Å²) in [5, 5.41) is 0. The quantitative estimate of drug-likeness (QED) is 0.669. The van der Waals surface area contributed by atoms with E-state index in [4.69, 9.17) is 4.74 Å². The first kappa shape index (κ1) is 12.8. The maximum atomic E-state index is 5.54. The predicted octanol–water partition coefficient (Wildman–Crippen LogP) is 4.56. The van der Waals surface area contributed by atoms with Crippen LogP contribution in [0, 0.1) is 12.8 Å². The summed E-state index contributed by atoms with van der Waals surface area (Å²) in [5.74, 6) is 1.71. The molecule has 0 radical (unpaired) electrons. The van der Waals surface area contributed by atoms with Crippen LogP contribution in [-0.4, -0.2) is 7.11 Å². The van der Waals surface area contributed by atoms with E-state index in [0.29, 0.717) is 5.92 Å². The third kappa shape index (κ3) is 1.82. The van der Waals surface area contributed by atoms with Crippen molar-refractivity contribution < 1.29 is 4.74 Å². The molecule has 0 aliphatic heterocycles. The second-order valence-corrected chi connectivity index (χ2v) is 6.50. The fraction of sp³-hybridized carbons (Fsp3) is 0.556. The van der Waals surface area contributed by atoms with Crippen LogP contribution in [0.5, 0.6) is 5.75 Å². The average Bonchev–Trinajstić information content (AvgIpc) is 2.37. The molecule has 0 heterocycles. The van der Waals surface area contributed by atoms with Gasteiger partial charge in [0.15, 0.2) is 0 Å². The molecule has 1 aromatic carbocycles. The fourth-order valence-corrected chi connectivity index (χ4v) is 4.33. The summed E-state index contributed by atoms with van der Waals surface area (Å²) in [6.07, 6.45) is 6.25. The normalized spacial score (nSPS) is 29.6. The molecule has 1 nitrogen and oxygen atoms in total. The predicted molar refractivity (Wildman–Crippen MR) is 79.9 cm³/mol. The van der Waals surface area contributed by atoms with E-state index < -0.39 is 0 Å². The van der Waals surface area contributed by atoms with Crippen molar-refractivity contribution in [3.8, 4) is 5.75 Å². The summed E-state index contributed by atoms with van der Waals surface area (Å²) >= 11 is 0. The molecule has 3 rings (SSSR count). The lowest BCUT2D eigenvalue weighted by Crippen LogP contribution is -2.40. The molecular weight excluding hydrogens is 232 g/mol. The first-order chi connectivity index (χ1) is 9.06. The highest BCUT2D eigenvalue weighted by molar-refractivity contribution is 5.48. The summed E-state index contributed by atoms with van der Waals surface area (Å²) in [7, 11) is 1.77. The Morgan fingerprint density at radius 2 is 2.11 bits per heavy atom. The molecular formula is C18H24O. The molecule has 1 unspecified atom stereocenters. The summed E-state index contributed by atoms with van der Waals surface area (Å²) in [5.41, 5.74) is 6.07. The summed E-state index contributed by atoms with van der Waals surface area (Å²) < 4.78 is 5.54. The van der Waals surface area contributed by atoms with Crippen molar-refractivity contribution in [2.45, 2.75) is 51.4 Å². The molecule has 1 fully saturated rings.